The van der Waals surface area contributed by atoms with Crippen LogP contribution in [-0.2, 0) is 0 Å². The lowest BCUT2D eigenvalue weighted by Gasteiger charge is -2.29. The van der Waals surface area contributed by atoms with Crippen molar-refractivity contribution in [3.63, 3.8) is 0 Å². The van der Waals surface area contributed by atoms with Crippen LogP contribution in [-0.4, -0.2) is 4.83 Å². The summed E-state index contributed by atoms with van der Waals surface area (Å²) in [6.07, 6.45) is 4.20. The van der Waals surface area contributed by atoms with Crippen molar-refractivity contribution >= 4 is 15.9 Å². The van der Waals surface area contributed by atoms with Crippen LogP contribution < -0.4 is 0 Å². The van der Waals surface area contributed by atoms with Gasteiger partial charge in [-0.05, 0) is 18.8 Å². The number of hydrogen-bond donors (Lipinski definition) is 0. The summed E-state index contributed by atoms with van der Waals surface area (Å²) in [5.74, 6) is 1.05. The minimum Gasteiger partial charge on any atom is -0.0890 e. The Balaban J connectivity index is 2.06. The Morgan fingerprint density at radius 1 is 1.57 bits per heavy atom. The van der Waals surface area contributed by atoms with Crippen molar-refractivity contribution in [3.05, 3.63) is 0 Å². The highest BCUT2D eigenvalue weighted by Gasteiger charge is 2.24. The second kappa shape index (κ2) is 2.17. The summed E-state index contributed by atoms with van der Waals surface area (Å²) < 4.78 is 0. The van der Waals surface area contributed by atoms with E-state index in [0.717, 1.165) is 10.7 Å². The minimum absolute atomic E-state index is 0.859. The molecule has 0 bridgehead atoms. The summed E-state index contributed by atoms with van der Waals surface area (Å²) in [5.41, 5.74) is 0. The molecule has 0 aromatic carbocycles. The second-order valence-electron chi connectivity index (χ2n) is 2.34. The second-order valence-corrected chi connectivity index (χ2v) is 3.64. The van der Waals surface area contributed by atoms with Crippen LogP contribution in [0.3, 0.4) is 0 Å². The molecule has 0 amide bonds. The molecule has 0 nitrogen and oxygen atoms in total. The largest absolute Gasteiger partial charge is 0.0890 e. The molecular weight excluding hydrogens is 152 g/mol. The molecule has 1 aliphatic rings. The predicted molar refractivity (Wildman–Crippen MR) is 35.7 cm³/mol. The predicted octanol–water partition coefficient (Wildman–Crippen LogP) is 2.57. The lowest BCUT2D eigenvalue weighted by atomic mass is 9.83. The third-order valence-corrected chi connectivity index (χ3v) is 2.50. The lowest BCUT2D eigenvalue weighted by Crippen LogP contribution is -2.22. The van der Waals surface area contributed by atoms with Gasteiger partial charge in [-0.25, -0.2) is 0 Å². The molecule has 0 atom stereocenters. The van der Waals surface area contributed by atoms with Crippen LogP contribution in [0.4, 0.5) is 0 Å². The topological polar surface area (TPSA) is 0 Å². The van der Waals surface area contributed by atoms with Gasteiger partial charge < -0.3 is 0 Å². The van der Waals surface area contributed by atoms with Crippen molar-refractivity contribution in [2.75, 3.05) is 0 Å². The average molecular weight is 163 g/mol. The SMILES string of the molecule is CCC1CC(Br)C1. The van der Waals surface area contributed by atoms with Gasteiger partial charge in [0.25, 0.3) is 0 Å². The molecule has 0 heterocycles. The van der Waals surface area contributed by atoms with E-state index >= 15 is 0 Å². The van der Waals surface area contributed by atoms with Crippen LogP contribution >= 0.6 is 15.9 Å². The summed E-state index contributed by atoms with van der Waals surface area (Å²) >= 11 is 3.54. The Morgan fingerprint density at radius 3 is 2.29 bits per heavy atom. The molecule has 1 saturated carbocycles. The lowest BCUT2D eigenvalue weighted by molar-refractivity contribution is 0.324. The van der Waals surface area contributed by atoms with Gasteiger partial charge in [0.2, 0.25) is 0 Å². The highest BCUT2D eigenvalue weighted by atomic mass is 79.9. The average Bonchev–Trinajstić information content (AvgIpc) is 1.58. The summed E-state index contributed by atoms with van der Waals surface area (Å²) in [6, 6.07) is 0. The van der Waals surface area contributed by atoms with Crippen molar-refractivity contribution in [3.8, 4) is 0 Å². The molecule has 7 heavy (non-hydrogen) atoms. The molecule has 0 N–H and O–H groups in total. The van der Waals surface area contributed by atoms with Crippen LogP contribution in [0.15, 0.2) is 0 Å². The third kappa shape index (κ3) is 1.18. The van der Waals surface area contributed by atoms with Crippen LogP contribution in [0.5, 0.6) is 0 Å². The van der Waals surface area contributed by atoms with Crippen LogP contribution in [0.25, 0.3) is 0 Å². The van der Waals surface area contributed by atoms with Crippen LogP contribution in [0, 0.1) is 5.92 Å². The normalized spacial score (nSPS) is 40.3. The summed E-state index contributed by atoms with van der Waals surface area (Å²) in [4.78, 5) is 0.859. The van der Waals surface area contributed by atoms with E-state index in [1.165, 1.54) is 19.3 Å². The molecule has 1 aliphatic carbocycles. The molecule has 0 unspecified atom stereocenters. The fourth-order valence-electron chi connectivity index (χ4n) is 0.988. The van der Waals surface area contributed by atoms with Crippen LogP contribution in [0.1, 0.15) is 26.2 Å². The zero-order valence-electron chi connectivity index (χ0n) is 4.65. The van der Waals surface area contributed by atoms with Crippen molar-refractivity contribution in [2.24, 2.45) is 5.92 Å². The smallest absolute Gasteiger partial charge is 0.0151 e. The summed E-state index contributed by atoms with van der Waals surface area (Å²) in [6.45, 7) is 2.27. The standard InChI is InChI=1S/C6H11Br/c1-2-5-3-6(7)4-5/h5-6H,2-4H2,1H3. The Morgan fingerprint density at radius 2 is 2.14 bits per heavy atom. The van der Waals surface area contributed by atoms with Crippen molar-refractivity contribution < 1.29 is 0 Å². The van der Waals surface area contributed by atoms with E-state index in [4.69, 9.17) is 0 Å². The van der Waals surface area contributed by atoms with Gasteiger partial charge in [0, 0.05) is 4.83 Å². The first-order valence-electron chi connectivity index (χ1n) is 2.97. The molecule has 1 rings (SSSR count). The van der Waals surface area contributed by atoms with Gasteiger partial charge in [-0.2, -0.15) is 0 Å². The molecule has 0 aromatic heterocycles. The first-order chi connectivity index (χ1) is 3.33. The maximum Gasteiger partial charge on any atom is 0.0151 e. The van der Waals surface area contributed by atoms with E-state index < -0.39 is 0 Å². The molecule has 0 radical (unpaired) electrons. The number of rotatable bonds is 1. The van der Waals surface area contributed by atoms with Gasteiger partial charge in [0.05, 0.1) is 0 Å². The first-order valence-corrected chi connectivity index (χ1v) is 3.88. The Kier molecular flexibility index (Phi) is 1.74. The molecule has 0 aromatic rings. The molecule has 0 saturated heterocycles. The van der Waals surface area contributed by atoms with E-state index in [1.807, 2.05) is 0 Å². The van der Waals surface area contributed by atoms with Gasteiger partial charge in [0.1, 0.15) is 0 Å². The van der Waals surface area contributed by atoms with Crippen molar-refractivity contribution in [1.29, 1.82) is 0 Å². The Hall–Kier alpha value is 0.480. The summed E-state index contributed by atoms with van der Waals surface area (Å²) in [5, 5.41) is 0. The van der Waals surface area contributed by atoms with Gasteiger partial charge in [-0.15, -0.1) is 0 Å². The quantitative estimate of drug-likeness (QED) is 0.521. The zero-order valence-corrected chi connectivity index (χ0v) is 6.24. The minimum atomic E-state index is 0.859. The number of alkyl halides is 1. The van der Waals surface area contributed by atoms with E-state index in [1.54, 1.807) is 0 Å². The zero-order chi connectivity index (χ0) is 5.28. The third-order valence-electron chi connectivity index (χ3n) is 1.76. The van der Waals surface area contributed by atoms with Crippen molar-refractivity contribution in [1.82, 2.24) is 0 Å². The Labute approximate surface area is 53.4 Å². The maximum atomic E-state index is 3.54. The maximum absolute atomic E-state index is 3.54. The fraction of sp³-hybridized carbons (Fsp3) is 1.00. The van der Waals surface area contributed by atoms with Gasteiger partial charge in [-0.3, -0.25) is 0 Å². The molecule has 1 fully saturated rings. The molecule has 0 spiro atoms. The Bertz CT molecular complexity index is 55.2. The van der Waals surface area contributed by atoms with Gasteiger partial charge in [-0.1, -0.05) is 29.3 Å². The van der Waals surface area contributed by atoms with Gasteiger partial charge in [0.15, 0.2) is 0 Å². The molecular formula is C6H11Br. The highest BCUT2D eigenvalue weighted by molar-refractivity contribution is 9.09. The van der Waals surface area contributed by atoms with Crippen molar-refractivity contribution in [2.45, 2.75) is 31.0 Å². The monoisotopic (exact) mass is 162 g/mol. The van der Waals surface area contributed by atoms with E-state index in [9.17, 15) is 0 Å². The van der Waals surface area contributed by atoms with Gasteiger partial charge >= 0.3 is 0 Å². The first kappa shape index (κ1) is 5.61. The molecule has 0 aliphatic heterocycles. The number of halogens is 1. The van der Waals surface area contributed by atoms with Crippen LogP contribution in [0.2, 0.25) is 0 Å². The highest BCUT2D eigenvalue weighted by Crippen LogP contribution is 2.34. The fourth-order valence-corrected chi connectivity index (χ4v) is 2.05. The van der Waals surface area contributed by atoms with E-state index in [2.05, 4.69) is 22.9 Å². The molecule has 42 valence electrons. The molecule has 1 heteroatoms. The summed E-state index contributed by atoms with van der Waals surface area (Å²) in [7, 11) is 0. The van der Waals surface area contributed by atoms with E-state index in [-0.39, 0.29) is 0 Å². The number of hydrogen-bond acceptors (Lipinski definition) is 0. The van der Waals surface area contributed by atoms with E-state index in [0.29, 0.717) is 0 Å².